The molecule has 0 aliphatic rings. The first-order valence-electron chi connectivity index (χ1n) is 7.48. The number of aromatic nitrogens is 3. The van der Waals surface area contributed by atoms with Gasteiger partial charge in [-0.05, 0) is 31.0 Å². The van der Waals surface area contributed by atoms with Crippen molar-refractivity contribution in [2.24, 2.45) is 0 Å². The maximum absolute atomic E-state index is 4.60. The second kappa shape index (κ2) is 6.43. The van der Waals surface area contributed by atoms with E-state index >= 15 is 0 Å². The van der Waals surface area contributed by atoms with Crippen LogP contribution in [0.2, 0.25) is 0 Å². The highest BCUT2D eigenvalue weighted by Crippen LogP contribution is 2.18. The molecule has 4 heteroatoms. The Bertz CT molecular complexity index is 716. The normalized spacial score (nSPS) is 12.1. The van der Waals surface area contributed by atoms with Gasteiger partial charge in [0.15, 0.2) is 0 Å². The van der Waals surface area contributed by atoms with Gasteiger partial charge < -0.3 is 5.32 Å². The first kappa shape index (κ1) is 14.3. The zero-order valence-corrected chi connectivity index (χ0v) is 12.9. The predicted octanol–water partition coefficient (Wildman–Crippen LogP) is 3.81. The van der Waals surface area contributed by atoms with Crippen LogP contribution in [0.5, 0.6) is 0 Å². The Labute approximate surface area is 130 Å². The van der Waals surface area contributed by atoms with Crippen LogP contribution in [0.1, 0.15) is 29.8 Å². The molecule has 4 nitrogen and oxygen atoms in total. The minimum Gasteiger partial charge on any atom is -0.363 e. The first-order chi connectivity index (χ1) is 10.7. The average molecular weight is 292 g/mol. The van der Waals surface area contributed by atoms with E-state index in [2.05, 4.69) is 52.7 Å². The van der Waals surface area contributed by atoms with Crippen molar-refractivity contribution in [3.05, 3.63) is 77.7 Å². The summed E-state index contributed by atoms with van der Waals surface area (Å²) in [5.74, 6) is 0.866. The Hall–Kier alpha value is -2.62. The zero-order chi connectivity index (χ0) is 15.4. The highest BCUT2D eigenvalue weighted by atomic mass is 15.3. The van der Waals surface area contributed by atoms with Crippen LogP contribution in [-0.4, -0.2) is 14.8 Å². The van der Waals surface area contributed by atoms with Crippen LogP contribution in [0, 0.1) is 6.92 Å². The summed E-state index contributed by atoms with van der Waals surface area (Å²) in [7, 11) is 0. The molecule has 0 aliphatic heterocycles. The summed E-state index contributed by atoms with van der Waals surface area (Å²) in [6.45, 7) is 4.86. The van der Waals surface area contributed by atoms with E-state index in [0.29, 0.717) is 6.54 Å². The van der Waals surface area contributed by atoms with Crippen LogP contribution in [0.15, 0.2) is 60.9 Å². The monoisotopic (exact) mass is 292 g/mol. The smallest absolute Gasteiger partial charge is 0.148 e. The van der Waals surface area contributed by atoms with E-state index in [1.807, 2.05) is 42.2 Å². The minimum absolute atomic E-state index is 0.217. The number of pyridine rings is 1. The largest absolute Gasteiger partial charge is 0.363 e. The fraction of sp³-hybridized carbons (Fsp3) is 0.222. The van der Waals surface area contributed by atoms with Crippen LogP contribution in [-0.2, 0) is 6.54 Å². The standard InChI is InChI=1S/C18H20N4/c1-14-8-9-17(19-12-14)13-20-18-10-11-22(21-18)15(2)16-6-4-3-5-7-16/h3-12,15H,13H2,1-2H3,(H,20,21)/t15-/m1/s1. The van der Waals surface area contributed by atoms with Gasteiger partial charge in [0, 0.05) is 18.5 Å². The molecule has 3 rings (SSSR count). The van der Waals surface area contributed by atoms with E-state index in [0.717, 1.165) is 11.5 Å². The van der Waals surface area contributed by atoms with Gasteiger partial charge in [-0.25, -0.2) is 0 Å². The molecule has 0 saturated carbocycles. The molecular formula is C18H20N4. The Balaban J connectivity index is 1.65. The Kier molecular flexibility index (Phi) is 4.19. The van der Waals surface area contributed by atoms with E-state index < -0.39 is 0 Å². The Morgan fingerprint density at radius 1 is 1.09 bits per heavy atom. The van der Waals surface area contributed by atoms with Crippen molar-refractivity contribution in [3.63, 3.8) is 0 Å². The summed E-state index contributed by atoms with van der Waals surface area (Å²) >= 11 is 0. The van der Waals surface area contributed by atoms with Crippen molar-refractivity contribution < 1.29 is 0 Å². The SMILES string of the molecule is Cc1ccc(CNc2ccn([C@H](C)c3ccccc3)n2)nc1. The molecule has 0 unspecified atom stereocenters. The van der Waals surface area contributed by atoms with Gasteiger partial charge in [0.05, 0.1) is 18.3 Å². The van der Waals surface area contributed by atoms with Crippen LogP contribution in [0.3, 0.4) is 0 Å². The summed E-state index contributed by atoms with van der Waals surface area (Å²) < 4.78 is 1.97. The molecule has 0 radical (unpaired) electrons. The van der Waals surface area contributed by atoms with Gasteiger partial charge in [0.2, 0.25) is 0 Å². The molecule has 22 heavy (non-hydrogen) atoms. The third kappa shape index (κ3) is 3.34. The molecule has 0 saturated heterocycles. The van der Waals surface area contributed by atoms with Crippen LogP contribution in [0.4, 0.5) is 5.82 Å². The predicted molar refractivity (Wildman–Crippen MR) is 88.8 cm³/mol. The number of hydrogen-bond donors (Lipinski definition) is 1. The highest BCUT2D eigenvalue weighted by molar-refractivity contribution is 5.34. The fourth-order valence-electron chi connectivity index (χ4n) is 2.32. The van der Waals surface area contributed by atoms with Crippen molar-refractivity contribution in [3.8, 4) is 0 Å². The number of aryl methyl sites for hydroxylation is 1. The van der Waals surface area contributed by atoms with Gasteiger partial charge in [-0.3, -0.25) is 9.67 Å². The molecule has 0 bridgehead atoms. The Morgan fingerprint density at radius 3 is 2.64 bits per heavy atom. The van der Waals surface area contributed by atoms with Crippen LogP contribution >= 0.6 is 0 Å². The van der Waals surface area contributed by atoms with E-state index in [1.165, 1.54) is 11.1 Å². The molecule has 2 heterocycles. The summed E-state index contributed by atoms with van der Waals surface area (Å²) in [5.41, 5.74) is 3.43. The van der Waals surface area contributed by atoms with Gasteiger partial charge in [-0.1, -0.05) is 36.4 Å². The van der Waals surface area contributed by atoms with Gasteiger partial charge in [0.25, 0.3) is 0 Å². The molecule has 1 aromatic carbocycles. The molecule has 0 fully saturated rings. The second-order valence-electron chi connectivity index (χ2n) is 5.45. The molecule has 0 aliphatic carbocycles. The molecule has 0 spiro atoms. The quantitative estimate of drug-likeness (QED) is 0.777. The summed E-state index contributed by atoms with van der Waals surface area (Å²) in [5, 5.41) is 7.91. The summed E-state index contributed by atoms with van der Waals surface area (Å²) in [4.78, 5) is 4.39. The van der Waals surface area contributed by atoms with E-state index in [9.17, 15) is 0 Å². The zero-order valence-electron chi connectivity index (χ0n) is 12.9. The summed E-state index contributed by atoms with van der Waals surface area (Å²) in [6, 6.07) is 16.7. The topological polar surface area (TPSA) is 42.7 Å². The van der Waals surface area contributed by atoms with Crippen molar-refractivity contribution in [2.45, 2.75) is 26.4 Å². The first-order valence-corrected chi connectivity index (χ1v) is 7.48. The lowest BCUT2D eigenvalue weighted by Crippen LogP contribution is -2.08. The molecular weight excluding hydrogens is 272 g/mol. The lowest BCUT2D eigenvalue weighted by Gasteiger charge is -2.12. The summed E-state index contributed by atoms with van der Waals surface area (Å²) in [6.07, 6.45) is 3.88. The number of rotatable bonds is 5. The van der Waals surface area contributed by atoms with Gasteiger partial charge in [0.1, 0.15) is 5.82 Å². The third-order valence-electron chi connectivity index (χ3n) is 3.71. The van der Waals surface area contributed by atoms with Crippen molar-refractivity contribution in [2.75, 3.05) is 5.32 Å². The fourth-order valence-corrected chi connectivity index (χ4v) is 2.32. The van der Waals surface area contributed by atoms with Crippen LogP contribution < -0.4 is 5.32 Å². The van der Waals surface area contributed by atoms with Gasteiger partial charge in [-0.15, -0.1) is 0 Å². The Morgan fingerprint density at radius 2 is 1.91 bits per heavy atom. The average Bonchev–Trinajstić information content (AvgIpc) is 3.03. The lowest BCUT2D eigenvalue weighted by atomic mass is 10.1. The van der Waals surface area contributed by atoms with Gasteiger partial charge >= 0.3 is 0 Å². The number of anilines is 1. The van der Waals surface area contributed by atoms with Crippen molar-refractivity contribution in [1.82, 2.24) is 14.8 Å². The molecule has 112 valence electrons. The molecule has 3 aromatic rings. The number of benzene rings is 1. The van der Waals surface area contributed by atoms with Gasteiger partial charge in [-0.2, -0.15) is 5.10 Å². The number of hydrogen-bond acceptors (Lipinski definition) is 3. The molecule has 1 N–H and O–H groups in total. The molecule has 0 amide bonds. The van der Waals surface area contributed by atoms with Crippen molar-refractivity contribution in [1.29, 1.82) is 0 Å². The highest BCUT2D eigenvalue weighted by Gasteiger charge is 2.08. The molecule has 1 atom stereocenters. The lowest BCUT2D eigenvalue weighted by molar-refractivity contribution is 0.566. The number of nitrogens with one attached hydrogen (secondary N) is 1. The van der Waals surface area contributed by atoms with Crippen LogP contribution in [0.25, 0.3) is 0 Å². The van der Waals surface area contributed by atoms with Crippen molar-refractivity contribution >= 4 is 5.82 Å². The van der Waals surface area contributed by atoms with E-state index in [4.69, 9.17) is 0 Å². The maximum atomic E-state index is 4.60. The minimum atomic E-state index is 0.217. The maximum Gasteiger partial charge on any atom is 0.148 e. The number of nitrogens with zero attached hydrogens (tertiary/aromatic N) is 3. The second-order valence-corrected chi connectivity index (χ2v) is 5.45. The van der Waals surface area contributed by atoms with E-state index in [-0.39, 0.29) is 6.04 Å². The molecule has 2 aromatic heterocycles. The third-order valence-corrected chi connectivity index (χ3v) is 3.71. The van der Waals surface area contributed by atoms with E-state index in [1.54, 1.807) is 0 Å².